The molecule has 0 aliphatic carbocycles. The molecular weight excluding hydrogens is 274 g/mol. The minimum absolute atomic E-state index is 0.140. The van der Waals surface area contributed by atoms with Crippen LogP contribution in [0.1, 0.15) is 22.3 Å². The predicted octanol–water partition coefficient (Wildman–Crippen LogP) is 1.29. The van der Waals surface area contributed by atoms with E-state index in [1.807, 2.05) is 0 Å². The topological polar surface area (TPSA) is 98.7 Å². The Labute approximate surface area is 122 Å². The summed E-state index contributed by atoms with van der Waals surface area (Å²) >= 11 is 0. The zero-order valence-electron chi connectivity index (χ0n) is 12.3. The lowest BCUT2D eigenvalue weighted by molar-refractivity contribution is -0.120. The molecule has 1 aromatic carbocycles. The molecule has 7 nitrogen and oxygen atoms in total. The average Bonchev–Trinajstić information content (AvgIpc) is 2.45. The number of carboxylic acid groups (broad SMARTS) is 1. The number of amides is 3. The number of aromatic carboxylic acids is 1. The van der Waals surface area contributed by atoms with Gasteiger partial charge in [0.2, 0.25) is 5.91 Å². The smallest absolute Gasteiger partial charge is 0.336 e. The molecule has 0 fully saturated rings. The van der Waals surface area contributed by atoms with E-state index in [-0.39, 0.29) is 24.4 Å². The molecule has 0 aromatic heterocycles. The first-order valence-electron chi connectivity index (χ1n) is 6.42. The van der Waals surface area contributed by atoms with Crippen molar-refractivity contribution in [2.75, 3.05) is 26.0 Å². The number of hydrogen-bond acceptors (Lipinski definition) is 3. The van der Waals surface area contributed by atoms with Gasteiger partial charge in [0.15, 0.2) is 0 Å². The molecule has 0 atom stereocenters. The Balaban J connectivity index is 2.73. The third kappa shape index (κ3) is 4.48. The molecule has 1 rings (SSSR count). The number of carbonyl (C=O) groups is 3. The number of benzene rings is 1. The Hall–Kier alpha value is -2.57. The van der Waals surface area contributed by atoms with Crippen LogP contribution < -0.4 is 10.6 Å². The van der Waals surface area contributed by atoms with Gasteiger partial charge in [0.25, 0.3) is 0 Å². The van der Waals surface area contributed by atoms with Crippen LogP contribution in [0.4, 0.5) is 10.5 Å². The van der Waals surface area contributed by atoms with Crippen LogP contribution in [-0.2, 0) is 4.79 Å². The lowest BCUT2D eigenvalue weighted by atomic mass is 10.1. The maximum absolute atomic E-state index is 12.0. The molecule has 0 unspecified atom stereocenters. The second-order valence-electron chi connectivity index (χ2n) is 4.56. The van der Waals surface area contributed by atoms with Gasteiger partial charge in [-0.25, -0.2) is 9.59 Å². The zero-order chi connectivity index (χ0) is 16.0. The molecule has 3 amide bonds. The summed E-state index contributed by atoms with van der Waals surface area (Å²) in [6.07, 6.45) is 0.203. The zero-order valence-corrected chi connectivity index (χ0v) is 12.3. The van der Waals surface area contributed by atoms with Crippen molar-refractivity contribution in [2.24, 2.45) is 0 Å². The standard InChI is InChI=1S/C14H19N3O4/c1-9-10(13(19)20)5-4-6-11(9)16-14(21)17(3)8-7-12(18)15-2/h4-6H,7-8H2,1-3H3,(H,15,18)(H,16,21)(H,19,20). The molecule has 0 bridgehead atoms. The fourth-order valence-corrected chi connectivity index (χ4v) is 1.71. The SMILES string of the molecule is CNC(=O)CCN(C)C(=O)Nc1cccc(C(=O)O)c1C. The third-order valence-electron chi connectivity index (χ3n) is 3.11. The number of nitrogens with zero attached hydrogens (tertiary/aromatic N) is 1. The van der Waals surface area contributed by atoms with Gasteiger partial charge >= 0.3 is 12.0 Å². The Morgan fingerprint density at radius 2 is 1.95 bits per heavy atom. The van der Waals surface area contributed by atoms with Gasteiger partial charge in [-0.2, -0.15) is 0 Å². The molecule has 3 N–H and O–H groups in total. The van der Waals surface area contributed by atoms with E-state index >= 15 is 0 Å². The van der Waals surface area contributed by atoms with E-state index in [0.29, 0.717) is 11.3 Å². The van der Waals surface area contributed by atoms with Crippen LogP contribution in [0.25, 0.3) is 0 Å². The van der Waals surface area contributed by atoms with E-state index in [1.165, 1.54) is 18.0 Å². The minimum Gasteiger partial charge on any atom is -0.478 e. The molecule has 0 spiro atoms. The molecule has 0 aliphatic rings. The number of carbonyl (C=O) groups excluding carboxylic acids is 2. The molecule has 0 radical (unpaired) electrons. The van der Waals surface area contributed by atoms with Crippen LogP contribution in [-0.4, -0.2) is 48.6 Å². The van der Waals surface area contributed by atoms with Crippen molar-refractivity contribution < 1.29 is 19.5 Å². The van der Waals surface area contributed by atoms with Crippen LogP contribution in [0.3, 0.4) is 0 Å². The highest BCUT2D eigenvalue weighted by Crippen LogP contribution is 2.19. The summed E-state index contributed by atoms with van der Waals surface area (Å²) in [5, 5.41) is 14.2. The van der Waals surface area contributed by atoms with E-state index in [9.17, 15) is 14.4 Å². The van der Waals surface area contributed by atoms with Crippen LogP contribution in [0.15, 0.2) is 18.2 Å². The van der Waals surface area contributed by atoms with E-state index in [4.69, 9.17) is 5.11 Å². The summed E-state index contributed by atoms with van der Waals surface area (Å²) in [5.41, 5.74) is 1.06. The first kappa shape index (κ1) is 16.5. The van der Waals surface area contributed by atoms with Crippen LogP contribution in [0, 0.1) is 6.92 Å². The Bertz CT molecular complexity index is 557. The van der Waals surface area contributed by atoms with Crippen molar-refractivity contribution in [3.63, 3.8) is 0 Å². The highest BCUT2D eigenvalue weighted by Gasteiger charge is 2.14. The second-order valence-corrected chi connectivity index (χ2v) is 4.56. The van der Waals surface area contributed by atoms with Gasteiger partial charge in [0.1, 0.15) is 0 Å². The fraction of sp³-hybridized carbons (Fsp3) is 0.357. The van der Waals surface area contributed by atoms with Crippen LogP contribution >= 0.6 is 0 Å². The average molecular weight is 293 g/mol. The quantitative estimate of drug-likeness (QED) is 0.762. The molecule has 7 heteroatoms. The minimum atomic E-state index is -1.04. The molecule has 0 saturated carbocycles. The summed E-state index contributed by atoms with van der Waals surface area (Å²) in [6, 6.07) is 4.27. The Morgan fingerprint density at radius 1 is 1.29 bits per heavy atom. The normalized spacial score (nSPS) is 9.86. The van der Waals surface area contributed by atoms with E-state index in [1.54, 1.807) is 26.1 Å². The van der Waals surface area contributed by atoms with Gasteiger partial charge in [0, 0.05) is 32.7 Å². The monoisotopic (exact) mass is 293 g/mol. The summed E-state index contributed by atoms with van der Waals surface area (Å²) < 4.78 is 0. The van der Waals surface area contributed by atoms with E-state index in [2.05, 4.69) is 10.6 Å². The molecule has 0 aliphatic heterocycles. The first-order chi connectivity index (χ1) is 9.86. The predicted molar refractivity (Wildman–Crippen MR) is 78.5 cm³/mol. The molecule has 21 heavy (non-hydrogen) atoms. The summed E-state index contributed by atoms with van der Waals surface area (Å²) in [5.74, 6) is -1.20. The lowest BCUT2D eigenvalue weighted by Crippen LogP contribution is -2.34. The summed E-state index contributed by atoms with van der Waals surface area (Å²) in [7, 11) is 3.10. The second kappa shape index (κ2) is 7.28. The number of carboxylic acids is 1. The van der Waals surface area contributed by atoms with Crippen molar-refractivity contribution in [2.45, 2.75) is 13.3 Å². The largest absolute Gasteiger partial charge is 0.478 e. The van der Waals surface area contributed by atoms with Crippen LogP contribution in [0.5, 0.6) is 0 Å². The lowest BCUT2D eigenvalue weighted by Gasteiger charge is -2.18. The van der Waals surface area contributed by atoms with Crippen molar-refractivity contribution in [3.05, 3.63) is 29.3 Å². The van der Waals surface area contributed by atoms with Gasteiger partial charge in [-0.3, -0.25) is 4.79 Å². The number of hydrogen-bond donors (Lipinski definition) is 3. The first-order valence-corrected chi connectivity index (χ1v) is 6.42. The van der Waals surface area contributed by atoms with Gasteiger partial charge in [-0.1, -0.05) is 6.07 Å². The number of nitrogens with one attached hydrogen (secondary N) is 2. The highest BCUT2D eigenvalue weighted by atomic mass is 16.4. The molecule has 1 aromatic rings. The Morgan fingerprint density at radius 3 is 2.52 bits per heavy atom. The molecular formula is C14H19N3O4. The van der Waals surface area contributed by atoms with Gasteiger partial charge in [-0.05, 0) is 24.6 Å². The maximum Gasteiger partial charge on any atom is 0.336 e. The number of urea groups is 1. The van der Waals surface area contributed by atoms with Crippen molar-refractivity contribution in [1.82, 2.24) is 10.2 Å². The van der Waals surface area contributed by atoms with Gasteiger partial charge < -0.3 is 20.6 Å². The molecule has 114 valence electrons. The van der Waals surface area contributed by atoms with Crippen molar-refractivity contribution in [3.8, 4) is 0 Å². The maximum atomic E-state index is 12.0. The number of rotatable bonds is 5. The highest BCUT2D eigenvalue weighted by molar-refractivity contribution is 5.95. The van der Waals surface area contributed by atoms with E-state index < -0.39 is 12.0 Å². The Kier molecular flexibility index (Phi) is 5.71. The number of anilines is 1. The molecule has 0 saturated heterocycles. The molecule has 0 heterocycles. The van der Waals surface area contributed by atoms with Crippen molar-refractivity contribution in [1.29, 1.82) is 0 Å². The summed E-state index contributed by atoms with van der Waals surface area (Å²) in [6.45, 7) is 1.90. The third-order valence-corrected chi connectivity index (χ3v) is 3.11. The van der Waals surface area contributed by atoms with Crippen LogP contribution in [0.2, 0.25) is 0 Å². The summed E-state index contributed by atoms with van der Waals surface area (Å²) in [4.78, 5) is 35.5. The van der Waals surface area contributed by atoms with E-state index in [0.717, 1.165) is 0 Å². The van der Waals surface area contributed by atoms with Gasteiger partial charge in [0.05, 0.1) is 5.56 Å². The van der Waals surface area contributed by atoms with Gasteiger partial charge in [-0.15, -0.1) is 0 Å². The fourth-order valence-electron chi connectivity index (χ4n) is 1.71. The van der Waals surface area contributed by atoms with Crippen molar-refractivity contribution >= 4 is 23.6 Å².